The van der Waals surface area contributed by atoms with Crippen LogP contribution < -0.4 is 4.90 Å². The average molecular weight is 219 g/mol. The molecule has 84 valence electrons. The van der Waals surface area contributed by atoms with E-state index in [1.807, 2.05) is 11.9 Å². The van der Waals surface area contributed by atoms with E-state index < -0.39 is 5.97 Å². The highest BCUT2D eigenvalue weighted by Crippen LogP contribution is 2.27. The molecule has 16 heavy (non-hydrogen) atoms. The van der Waals surface area contributed by atoms with Crippen LogP contribution in [0.4, 0.5) is 5.95 Å². The molecule has 0 aliphatic heterocycles. The molecule has 0 radical (unpaired) electrons. The van der Waals surface area contributed by atoms with Gasteiger partial charge in [0.2, 0.25) is 5.95 Å². The molecule has 1 saturated carbocycles. The summed E-state index contributed by atoms with van der Waals surface area (Å²) in [4.78, 5) is 20.7. The van der Waals surface area contributed by atoms with Gasteiger partial charge in [0.05, 0.1) is 0 Å². The van der Waals surface area contributed by atoms with Gasteiger partial charge in [-0.25, -0.2) is 14.8 Å². The number of nitrogens with zero attached hydrogens (tertiary/aromatic N) is 3. The summed E-state index contributed by atoms with van der Waals surface area (Å²) in [7, 11) is 1.97. The Morgan fingerprint density at radius 3 is 2.62 bits per heavy atom. The maximum atomic E-state index is 10.3. The minimum atomic E-state index is -0.973. The largest absolute Gasteiger partial charge is 0.478 e. The Morgan fingerprint density at radius 2 is 2.12 bits per heavy atom. The summed E-state index contributed by atoms with van der Waals surface area (Å²) in [6.45, 7) is 0. The lowest BCUT2D eigenvalue weighted by atomic mass is 10.3. The number of carboxylic acid groups (broad SMARTS) is 1. The van der Waals surface area contributed by atoms with Crippen molar-refractivity contribution in [1.29, 1.82) is 0 Å². The van der Waals surface area contributed by atoms with E-state index in [0.29, 0.717) is 17.6 Å². The maximum absolute atomic E-state index is 10.3. The molecule has 1 heterocycles. The predicted octanol–water partition coefficient (Wildman–Crippen LogP) is 1.17. The third-order valence-corrected chi connectivity index (χ3v) is 2.49. The van der Waals surface area contributed by atoms with Crippen molar-refractivity contribution < 1.29 is 9.90 Å². The summed E-state index contributed by atoms with van der Waals surface area (Å²) in [6, 6.07) is 0.570. The zero-order valence-electron chi connectivity index (χ0n) is 9.00. The Morgan fingerprint density at radius 1 is 1.50 bits per heavy atom. The maximum Gasteiger partial charge on any atom is 0.328 e. The Hall–Kier alpha value is -1.91. The van der Waals surface area contributed by atoms with Crippen LogP contribution in [-0.2, 0) is 4.79 Å². The van der Waals surface area contributed by atoms with E-state index in [0.717, 1.165) is 6.08 Å². The van der Waals surface area contributed by atoms with E-state index >= 15 is 0 Å². The Labute approximate surface area is 93.4 Å². The highest BCUT2D eigenvalue weighted by molar-refractivity contribution is 5.85. The second-order valence-corrected chi connectivity index (χ2v) is 3.83. The predicted molar refractivity (Wildman–Crippen MR) is 60.1 cm³/mol. The number of aliphatic carboxylic acids is 1. The summed E-state index contributed by atoms with van der Waals surface area (Å²) in [5, 5.41) is 8.46. The summed E-state index contributed by atoms with van der Waals surface area (Å²) < 4.78 is 0. The van der Waals surface area contributed by atoms with E-state index in [9.17, 15) is 4.79 Å². The number of carboxylic acids is 1. The molecule has 1 fully saturated rings. The van der Waals surface area contributed by atoms with Crippen LogP contribution in [0.5, 0.6) is 0 Å². The number of anilines is 1. The smallest absolute Gasteiger partial charge is 0.328 e. The van der Waals surface area contributed by atoms with Gasteiger partial charge in [-0.05, 0) is 18.9 Å². The third kappa shape index (κ3) is 2.56. The van der Waals surface area contributed by atoms with Gasteiger partial charge in [0.15, 0.2) is 0 Å². The van der Waals surface area contributed by atoms with E-state index in [1.54, 1.807) is 12.4 Å². The van der Waals surface area contributed by atoms with Crippen molar-refractivity contribution in [2.24, 2.45) is 0 Å². The first-order chi connectivity index (χ1) is 7.66. The standard InChI is InChI=1S/C11H13N3O2/c1-14(9-3-4-9)11-12-6-8(7-13-11)2-5-10(15)16/h2,5-7,9H,3-4H2,1H3,(H,15,16)/b5-2+. The van der Waals surface area contributed by atoms with Gasteiger partial charge in [-0.15, -0.1) is 0 Å². The molecule has 0 saturated heterocycles. The molecule has 5 nitrogen and oxygen atoms in total. The number of carbonyl (C=O) groups is 1. The number of aromatic nitrogens is 2. The zero-order valence-corrected chi connectivity index (χ0v) is 9.00. The molecule has 1 aliphatic rings. The summed E-state index contributed by atoms with van der Waals surface area (Å²) >= 11 is 0. The van der Waals surface area contributed by atoms with Crippen molar-refractivity contribution in [1.82, 2.24) is 9.97 Å². The van der Waals surface area contributed by atoms with Crippen LogP contribution in [0.25, 0.3) is 6.08 Å². The molecule has 0 unspecified atom stereocenters. The van der Waals surface area contributed by atoms with E-state index in [1.165, 1.54) is 18.9 Å². The van der Waals surface area contributed by atoms with Crippen molar-refractivity contribution >= 4 is 18.0 Å². The first-order valence-corrected chi connectivity index (χ1v) is 5.12. The van der Waals surface area contributed by atoms with Gasteiger partial charge in [-0.1, -0.05) is 0 Å². The molecule has 1 N–H and O–H groups in total. The Balaban J connectivity index is 2.06. The van der Waals surface area contributed by atoms with Crippen molar-refractivity contribution in [3.8, 4) is 0 Å². The molecule has 0 bridgehead atoms. The minimum Gasteiger partial charge on any atom is -0.478 e. The topological polar surface area (TPSA) is 66.3 Å². The highest BCUT2D eigenvalue weighted by atomic mass is 16.4. The summed E-state index contributed by atoms with van der Waals surface area (Å²) in [5.41, 5.74) is 0.690. The molecule has 0 spiro atoms. The van der Waals surface area contributed by atoms with Gasteiger partial charge in [-0.2, -0.15) is 0 Å². The van der Waals surface area contributed by atoms with Gasteiger partial charge >= 0.3 is 5.97 Å². The molecule has 0 amide bonds. The molecule has 1 aromatic rings. The monoisotopic (exact) mass is 219 g/mol. The summed E-state index contributed by atoms with van der Waals surface area (Å²) in [5.74, 6) is -0.283. The van der Waals surface area contributed by atoms with E-state index in [4.69, 9.17) is 5.11 Å². The molecule has 1 aromatic heterocycles. The second-order valence-electron chi connectivity index (χ2n) is 3.83. The van der Waals surface area contributed by atoms with Gasteiger partial charge in [0.1, 0.15) is 0 Å². The van der Waals surface area contributed by atoms with Crippen LogP contribution in [0.2, 0.25) is 0 Å². The number of rotatable bonds is 4. The third-order valence-electron chi connectivity index (χ3n) is 2.49. The van der Waals surface area contributed by atoms with Crippen molar-refractivity contribution in [3.05, 3.63) is 24.0 Å². The Kier molecular flexibility index (Phi) is 2.85. The van der Waals surface area contributed by atoms with Crippen LogP contribution in [0.3, 0.4) is 0 Å². The number of hydrogen-bond acceptors (Lipinski definition) is 4. The molecular formula is C11H13N3O2. The van der Waals surface area contributed by atoms with Crippen LogP contribution >= 0.6 is 0 Å². The molecule has 0 atom stereocenters. The Bertz CT molecular complexity index is 410. The van der Waals surface area contributed by atoms with Gasteiger partial charge in [-0.3, -0.25) is 0 Å². The lowest BCUT2D eigenvalue weighted by molar-refractivity contribution is -0.131. The van der Waals surface area contributed by atoms with Gasteiger partial charge < -0.3 is 10.0 Å². The average Bonchev–Trinajstić information content (AvgIpc) is 3.10. The van der Waals surface area contributed by atoms with Gasteiger partial charge in [0.25, 0.3) is 0 Å². The fourth-order valence-corrected chi connectivity index (χ4v) is 1.39. The fraction of sp³-hybridized carbons (Fsp3) is 0.364. The first-order valence-electron chi connectivity index (χ1n) is 5.12. The molecular weight excluding hydrogens is 206 g/mol. The lowest BCUT2D eigenvalue weighted by Crippen LogP contribution is -2.21. The van der Waals surface area contributed by atoms with Crippen LogP contribution in [0.15, 0.2) is 18.5 Å². The second kappa shape index (κ2) is 4.30. The molecule has 1 aliphatic carbocycles. The van der Waals surface area contributed by atoms with Crippen LogP contribution in [0, 0.1) is 0 Å². The number of hydrogen-bond donors (Lipinski definition) is 1. The minimum absolute atomic E-state index is 0.570. The lowest BCUT2D eigenvalue weighted by Gasteiger charge is -2.15. The zero-order chi connectivity index (χ0) is 11.5. The van der Waals surface area contributed by atoms with E-state index in [-0.39, 0.29) is 0 Å². The van der Waals surface area contributed by atoms with Crippen molar-refractivity contribution in [2.45, 2.75) is 18.9 Å². The van der Waals surface area contributed by atoms with Crippen molar-refractivity contribution in [3.63, 3.8) is 0 Å². The molecule has 2 rings (SSSR count). The van der Waals surface area contributed by atoms with E-state index in [2.05, 4.69) is 9.97 Å². The van der Waals surface area contributed by atoms with Crippen LogP contribution in [0.1, 0.15) is 18.4 Å². The normalized spacial score (nSPS) is 15.3. The van der Waals surface area contributed by atoms with Gasteiger partial charge in [0, 0.05) is 37.1 Å². The fourth-order valence-electron chi connectivity index (χ4n) is 1.39. The first kappa shape index (κ1) is 10.6. The SMILES string of the molecule is CN(c1ncc(/C=C/C(=O)O)cn1)C1CC1. The molecule has 0 aromatic carbocycles. The quantitative estimate of drug-likeness (QED) is 0.770. The summed E-state index contributed by atoms with van der Waals surface area (Å²) in [6.07, 6.45) is 8.19. The highest BCUT2D eigenvalue weighted by Gasteiger charge is 2.27. The van der Waals surface area contributed by atoms with Crippen LogP contribution in [-0.4, -0.2) is 34.1 Å². The van der Waals surface area contributed by atoms with Crippen molar-refractivity contribution in [2.75, 3.05) is 11.9 Å². The molecule has 5 heteroatoms.